The zero-order valence-corrected chi connectivity index (χ0v) is 13.0. The van der Waals surface area contributed by atoms with Gasteiger partial charge in [-0.25, -0.2) is 5.43 Å². The van der Waals surface area contributed by atoms with E-state index in [2.05, 4.69) is 28.7 Å². The second-order valence-electron chi connectivity index (χ2n) is 5.84. The lowest BCUT2D eigenvalue weighted by molar-refractivity contribution is 0.0954. The Morgan fingerprint density at radius 2 is 1.86 bits per heavy atom. The molecule has 0 fully saturated rings. The number of aryl methyl sites for hydroxylation is 3. The van der Waals surface area contributed by atoms with Crippen molar-refractivity contribution in [3.8, 4) is 0 Å². The highest BCUT2D eigenvalue weighted by Crippen LogP contribution is 2.23. The van der Waals surface area contributed by atoms with Gasteiger partial charge in [0.2, 0.25) is 0 Å². The number of carbonyl (C=O) groups is 1. The van der Waals surface area contributed by atoms with Gasteiger partial charge in [-0.3, -0.25) is 4.79 Å². The third-order valence-electron chi connectivity index (χ3n) is 4.12. The molecule has 1 N–H and O–H groups in total. The fraction of sp³-hybridized carbons (Fsp3) is 0.263. The van der Waals surface area contributed by atoms with Crippen molar-refractivity contribution in [1.82, 2.24) is 5.43 Å². The van der Waals surface area contributed by atoms with Gasteiger partial charge < -0.3 is 0 Å². The van der Waals surface area contributed by atoms with E-state index in [0.717, 1.165) is 23.3 Å². The Bertz CT molecular complexity index is 747. The minimum absolute atomic E-state index is 0.177. The van der Waals surface area contributed by atoms with Crippen LogP contribution in [0.4, 0.5) is 0 Å². The normalized spacial score (nSPS) is 13.8. The van der Waals surface area contributed by atoms with Gasteiger partial charge in [-0.15, -0.1) is 0 Å². The number of nitrogens with one attached hydrogen (secondary N) is 1. The SMILES string of the molecule is C/C(=N\NC(=O)c1cccc(C)c1)c1ccc2c(c1)CCC2. The van der Waals surface area contributed by atoms with Gasteiger partial charge in [-0.1, -0.05) is 29.8 Å². The molecule has 0 saturated carbocycles. The van der Waals surface area contributed by atoms with Crippen LogP contribution in [0.1, 0.15) is 46.0 Å². The van der Waals surface area contributed by atoms with Crippen molar-refractivity contribution in [2.75, 3.05) is 0 Å². The highest BCUT2D eigenvalue weighted by Gasteiger charge is 2.12. The molecule has 112 valence electrons. The van der Waals surface area contributed by atoms with E-state index in [4.69, 9.17) is 0 Å². The summed E-state index contributed by atoms with van der Waals surface area (Å²) in [5, 5.41) is 4.24. The first kappa shape index (κ1) is 14.5. The maximum atomic E-state index is 12.1. The predicted molar refractivity (Wildman–Crippen MR) is 89.3 cm³/mol. The number of carbonyl (C=O) groups excluding carboxylic acids is 1. The van der Waals surface area contributed by atoms with Gasteiger partial charge in [0.05, 0.1) is 5.71 Å². The first-order chi connectivity index (χ1) is 10.6. The molecule has 0 saturated heterocycles. The van der Waals surface area contributed by atoms with Gasteiger partial charge in [0, 0.05) is 5.56 Å². The van der Waals surface area contributed by atoms with Crippen LogP contribution in [-0.4, -0.2) is 11.6 Å². The minimum Gasteiger partial charge on any atom is -0.267 e. The zero-order valence-electron chi connectivity index (χ0n) is 13.0. The van der Waals surface area contributed by atoms with Crippen LogP contribution in [0.2, 0.25) is 0 Å². The van der Waals surface area contributed by atoms with Gasteiger partial charge in [0.15, 0.2) is 0 Å². The maximum absolute atomic E-state index is 12.1. The summed E-state index contributed by atoms with van der Waals surface area (Å²) in [5.74, 6) is -0.177. The lowest BCUT2D eigenvalue weighted by Gasteiger charge is -2.06. The molecule has 1 aliphatic rings. The van der Waals surface area contributed by atoms with Crippen molar-refractivity contribution in [2.45, 2.75) is 33.1 Å². The van der Waals surface area contributed by atoms with Crippen LogP contribution in [0.5, 0.6) is 0 Å². The number of amides is 1. The smallest absolute Gasteiger partial charge is 0.267 e. The summed E-state index contributed by atoms with van der Waals surface area (Å²) in [4.78, 5) is 12.1. The molecule has 0 aliphatic heterocycles. The molecular weight excluding hydrogens is 272 g/mol. The van der Waals surface area contributed by atoms with E-state index in [1.54, 1.807) is 6.07 Å². The number of rotatable bonds is 3. The van der Waals surface area contributed by atoms with E-state index in [0.29, 0.717) is 5.56 Å². The summed E-state index contributed by atoms with van der Waals surface area (Å²) in [6.45, 7) is 3.89. The number of benzene rings is 2. The third kappa shape index (κ3) is 3.08. The summed E-state index contributed by atoms with van der Waals surface area (Å²) in [6, 6.07) is 14.0. The molecule has 3 heteroatoms. The van der Waals surface area contributed by atoms with Gasteiger partial charge in [-0.05, 0) is 68.0 Å². The first-order valence-corrected chi connectivity index (χ1v) is 7.67. The monoisotopic (exact) mass is 292 g/mol. The molecule has 0 radical (unpaired) electrons. The molecule has 3 rings (SSSR count). The zero-order chi connectivity index (χ0) is 15.5. The summed E-state index contributed by atoms with van der Waals surface area (Å²) in [6.07, 6.45) is 3.56. The van der Waals surface area contributed by atoms with Crippen molar-refractivity contribution in [2.24, 2.45) is 5.10 Å². The van der Waals surface area contributed by atoms with Crippen LogP contribution in [0.3, 0.4) is 0 Å². The molecule has 2 aromatic rings. The lowest BCUT2D eigenvalue weighted by Crippen LogP contribution is -2.19. The van der Waals surface area contributed by atoms with Gasteiger partial charge in [0.1, 0.15) is 0 Å². The van der Waals surface area contributed by atoms with Crippen LogP contribution in [-0.2, 0) is 12.8 Å². The highest BCUT2D eigenvalue weighted by atomic mass is 16.2. The van der Waals surface area contributed by atoms with E-state index < -0.39 is 0 Å². The number of fused-ring (bicyclic) bond motifs is 1. The van der Waals surface area contributed by atoms with E-state index >= 15 is 0 Å². The highest BCUT2D eigenvalue weighted by molar-refractivity contribution is 6.01. The molecule has 0 unspecified atom stereocenters. The van der Waals surface area contributed by atoms with Crippen LogP contribution < -0.4 is 5.43 Å². The summed E-state index contributed by atoms with van der Waals surface area (Å²) < 4.78 is 0. The maximum Gasteiger partial charge on any atom is 0.271 e. The number of hydrazone groups is 1. The van der Waals surface area contributed by atoms with Crippen molar-refractivity contribution < 1.29 is 4.79 Å². The predicted octanol–water partition coefficient (Wildman–Crippen LogP) is 3.64. The first-order valence-electron chi connectivity index (χ1n) is 7.67. The standard InChI is InChI=1S/C19H20N2O/c1-13-5-3-8-18(11-13)19(22)21-20-14(2)16-10-9-15-6-4-7-17(15)12-16/h3,5,8-12H,4,6-7H2,1-2H3,(H,21,22)/b20-14+. The van der Waals surface area contributed by atoms with E-state index in [1.807, 2.05) is 32.0 Å². The molecule has 1 amide bonds. The van der Waals surface area contributed by atoms with Crippen molar-refractivity contribution >= 4 is 11.6 Å². The Balaban J connectivity index is 1.73. The Morgan fingerprint density at radius 1 is 1.05 bits per heavy atom. The molecule has 0 spiro atoms. The van der Waals surface area contributed by atoms with E-state index in [9.17, 15) is 4.79 Å². The van der Waals surface area contributed by atoms with Crippen molar-refractivity contribution in [3.05, 3.63) is 70.3 Å². The molecule has 22 heavy (non-hydrogen) atoms. The largest absolute Gasteiger partial charge is 0.271 e. The van der Waals surface area contributed by atoms with Crippen LogP contribution >= 0.6 is 0 Å². The molecule has 0 aromatic heterocycles. The second kappa shape index (κ2) is 6.14. The third-order valence-corrected chi connectivity index (χ3v) is 4.12. The van der Waals surface area contributed by atoms with E-state index in [-0.39, 0.29) is 5.91 Å². The summed E-state index contributed by atoms with van der Waals surface area (Å²) >= 11 is 0. The fourth-order valence-electron chi connectivity index (χ4n) is 2.85. The summed E-state index contributed by atoms with van der Waals surface area (Å²) in [5.41, 5.74) is 9.10. The molecule has 0 atom stereocenters. The Hall–Kier alpha value is -2.42. The van der Waals surface area contributed by atoms with E-state index in [1.165, 1.54) is 24.0 Å². The lowest BCUT2D eigenvalue weighted by atomic mass is 10.0. The number of nitrogens with zero attached hydrogens (tertiary/aromatic N) is 1. The van der Waals surface area contributed by atoms with Crippen molar-refractivity contribution in [1.29, 1.82) is 0 Å². The van der Waals surface area contributed by atoms with Gasteiger partial charge in [0.25, 0.3) is 5.91 Å². The molecule has 0 bridgehead atoms. The van der Waals surface area contributed by atoms with Gasteiger partial charge in [-0.2, -0.15) is 5.10 Å². The molecule has 3 nitrogen and oxygen atoms in total. The summed E-state index contributed by atoms with van der Waals surface area (Å²) in [7, 11) is 0. The van der Waals surface area contributed by atoms with Crippen LogP contribution in [0, 0.1) is 6.92 Å². The number of hydrogen-bond acceptors (Lipinski definition) is 2. The van der Waals surface area contributed by atoms with Crippen LogP contribution in [0.25, 0.3) is 0 Å². The minimum atomic E-state index is -0.177. The Kier molecular flexibility index (Phi) is 4.05. The van der Waals surface area contributed by atoms with Crippen LogP contribution in [0.15, 0.2) is 47.6 Å². The molecule has 2 aromatic carbocycles. The van der Waals surface area contributed by atoms with Gasteiger partial charge >= 0.3 is 0 Å². The topological polar surface area (TPSA) is 41.5 Å². The Morgan fingerprint density at radius 3 is 2.68 bits per heavy atom. The van der Waals surface area contributed by atoms with Crippen molar-refractivity contribution in [3.63, 3.8) is 0 Å². The number of hydrogen-bond donors (Lipinski definition) is 1. The average Bonchev–Trinajstić information content (AvgIpc) is 2.99. The Labute approximate surface area is 131 Å². The molecular formula is C19H20N2O. The molecule has 0 heterocycles. The fourth-order valence-corrected chi connectivity index (χ4v) is 2.85. The average molecular weight is 292 g/mol. The second-order valence-corrected chi connectivity index (χ2v) is 5.84. The molecule has 1 aliphatic carbocycles. The quantitative estimate of drug-likeness (QED) is 0.681.